The van der Waals surface area contributed by atoms with Gasteiger partial charge in [0.1, 0.15) is 18.0 Å². The Balaban J connectivity index is 2.42. The van der Waals surface area contributed by atoms with Crippen LogP contribution in [0.5, 0.6) is 0 Å². The van der Waals surface area contributed by atoms with Gasteiger partial charge in [-0.2, -0.15) is 0 Å². The summed E-state index contributed by atoms with van der Waals surface area (Å²) in [5.74, 6) is 0.849. The SMILES string of the molecule is CC[Si](CC)CCCC(OCC(O)COC)c1ccco1. The molecule has 0 amide bonds. The van der Waals surface area contributed by atoms with Crippen molar-refractivity contribution in [3.05, 3.63) is 24.2 Å². The standard InChI is InChI=1S/C16H29O4Si/c1-4-21(5-2)11-7-9-16(15-8-6-10-19-15)20-13-14(17)12-18-3/h6,8,10,14,16-17H,4-5,7,9,11-13H2,1-3H3. The van der Waals surface area contributed by atoms with Gasteiger partial charge in [0.05, 0.1) is 19.5 Å². The summed E-state index contributed by atoms with van der Waals surface area (Å²) in [6, 6.07) is 7.81. The number of hydrogen-bond donors (Lipinski definition) is 1. The molecule has 1 heterocycles. The summed E-state index contributed by atoms with van der Waals surface area (Å²) in [4.78, 5) is 0. The van der Waals surface area contributed by atoms with Crippen LogP contribution < -0.4 is 0 Å². The molecule has 0 saturated heterocycles. The fraction of sp³-hybridized carbons (Fsp3) is 0.750. The van der Waals surface area contributed by atoms with Crippen molar-refractivity contribution in [1.29, 1.82) is 0 Å². The number of ether oxygens (including phenoxy) is 2. The van der Waals surface area contributed by atoms with Crippen molar-refractivity contribution >= 4 is 8.80 Å². The van der Waals surface area contributed by atoms with Gasteiger partial charge in [0.15, 0.2) is 0 Å². The number of aliphatic hydroxyl groups is 1. The van der Waals surface area contributed by atoms with Crippen LogP contribution in [0.3, 0.4) is 0 Å². The molecule has 1 N–H and O–H groups in total. The largest absolute Gasteiger partial charge is 0.467 e. The molecule has 0 spiro atoms. The Bertz CT molecular complexity index is 338. The van der Waals surface area contributed by atoms with E-state index in [1.54, 1.807) is 13.4 Å². The third kappa shape index (κ3) is 7.27. The molecular formula is C16H29O4Si. The Labute approximate surface area is 130 Å². The van der Waals surface area contributed by atoms with Crippen molar-refractivity contribution in [3.63, 3.8) is 0 Å². The van der Waals surface area contributed by atoms with E-state index in [1.807, 2.05) is 12.1 Å². The lowest BCUT2D eigenvalue weighted by atomic mass is 10.1. The Kier molecular flexibility index (Phi) is 9.66. The number of furan rings is 1. The molecule has 0 bridgehead atoms. The minimum atomic E-state index is -0.585. The van der Waals surface area contributed by atoms with Crippen molar-refractivity contribution in [1.82, 2.24) is 0 Å². The van der Waals surface area contributed by atoms with Gasteiger partial charge in [-0.15, -0.1) is 0 Å². The van der Waals surface area contributed by atoms with Gasteiger partial charge in [-0.3, -0.25) is 0 Å². The minimum absolute atomic E-state index is 0.0662. The Morgan fingerprint density at radius 3 is 2.62 bits per heavy atom. The maximum Gasteiger partial charge on any atom is 0.132 e. The lowest BCUT2D eigenvalue weighted by molar-refractivity contribution is -0.0458. The van der Waals surface area contributed by atoms with Gasteiger partial charge >= 0.3 is 0 Å². The average Bonchev–Trinajstić information content (AvgIpc) is 3.01. The topological polar surface area (TPSA) is 51.8 Å². The van der Waals surface area contributed by atoms with E-state index in [9.17, 15) is 5.11 Å². The highest BCUT2D eigenvalue weighted by Crippen LogP contribution is 2.25. The van der Waals surface area contributed by atoms with E-state index < -0.39 is 6.10 Å². The van der Waals surface area contributed by atoms with E-state index in [-0.39, 0.29) is 21.5 Å². The molecule has 1 radical (unpaired) electrons. The van der Waals surface area contributed by atoms with Gasteiger partial charge in [0.25, 0.3) is 0 Å². The molecule has 4 nitrogen and oxygen atoms in total. The molecule has 0 aliphatic heterocycles. The first-order chi connectivity index (χ1) is 10.2. The predicted octanol–water partition coefficient (Wildman–Crippen LogP) is 3.66. The van der Waals surface area contributed by atoms with Gasteiger partial charge in [0.2, 0.25) is 0 Å². The second kappa shape index (κ2) is 11.0. The molecule has 1 aromatic rings. The lowest BCUT2D eigenvalue weighted by Gasteiger charge is -2.19. The zero-order valence-electron chi connectivity index (χ0n) is 13.5. The van der Waals surface area contributed by atoms with Crippen LogP contribution in [0.4, 0.5) is 0 Å². The average molecular weight is 313 g/mol. The van der Waals surface area contributed by atoms with Crippen molar-refractivity contribution in [2.24, 2.45) is 0 Å². The zero-order chi connectivity index (χ0) is 15.5. The smallest absolute Gasteiger partial charge is 0.132 e. The second-order valence-corrected chi connectivity index (χ2v) is 8.71. The summed E-state index contributed by atoms with van der Waals surface area (Å²) in [5, 5.41) is 9.71. The van der Waals surface area contributed by atoms with Crippen LogP contribution >= 0.6 is 0 Å². The molecule has 0 aliphatic rings. The number of hydrogen-bond acceptors (Lipinski definition) is 4. The van der Waals surface area contributed by atoms with E-state index in [0.29, 0.717) is 6.61 Å². The number of aliphatic hydroxyl groups excluding tert-OH is 1. The molecule has 21 heavy (non-hydrogen) atoms. The van der Waals surface area contributed by atoms with E-state index in [4.69, 9.17) is 13.9 Å². The first kappa shape index (κ1) is 18.4. The molecule has 1 aromatic heterocycles. The fourth-order valence-electron chi connectivity index (χ4n) is 2.39. The molecule has 2 atom stereocenters. The Hall–Kier alpha value is -0.623. The van der Waals surface area contributed by atoms with Crippen LogP contribution in [0.25, 0.3) is 0 Å². The molecule has 121 valence electrons. The Morgan fingerprint density at radius 2 is 2.05 bits per heavy atom. The molecule has 0 aliphatic carbocycles. The number of methoxy groups -OCH3 is 1. The maximum absolute atomic E-state index is 9.71. The molecule has 2 unspecified atom stereocenters. The van der Waals surface area contributed by atoms with E-state index in [0.717, 1.165) is 18.6 Å². The van der Waals surface area contributed by atoms with Crippen molar-refractivity contribution in [2.45, 2.75) is 57.0 Å². The van der Waals surface area contributed by atoms with Crippen molar-refractivity contribution in [2.75, 3.05) is 20.3 Å². The zero-order valence-corrected chi connectivity index (χ0v) is 14.5. The van der Waals surface area contributed by atoms with Gasteiger partial charge < -0.3 is 19.0 Å². The molecule has 5 heteroatoms. The number of rotatable bonds is 12. The van der Waals surface area contributed by atoms with Crippen LogP contribution in [-0.4, -0.2) is 40.3 Å². The van der Waals surface area contributed by atoms with Gasteiger partial charge in [0, 0.05) is 15.9 Å². The quantitative estimate of drug-likeness (QED) is 0.598. The monoisotopic (exact) mass is 313 g/mol. The fourth-order valence-corrected chi connectivity index (χ4v) is 4.30. The predicted molar refractivity (Wildman–Crippen MR) is 86.0 cm³/mol. The highest BCUT2D eigenvalue weighted by atomic mass is 28.3. The summed E-state index contributed by atoms with van der Waals surface area (Å²) in [6.07, 6.45) is 3.12. The summed E-state index contributed by atoms with van der Waals surface area (Å²) < 4.78 is 16.2. The lowest BCUT2D eigenvalue weighted by Crippen LogP contribution is -2.22. The normalized spacial score (nSPS) is 14.5. The first-order valence-corrected chi connectivity index (χ1v) is 9.98. The molecule has 0 aromatic carbocycles. The van der Waals surface area contributed by atoms with E-state index >= 15 is 0 Å². The molecule has 1 rings (SSSR count). The highest BCUT2D eigenvalue weighted by molar-refractivity contribution is 6.58. The summed E-state index contributed by atoms with van der Waals surface area (Å²) in [5.41, 5.74) is 0. The molecule has 0 fully saturated rings. The van der Waals surface area contributed by atoms with Crippen LogP contribution in [-0.2, 0) is 9.47 Å². The second-order valence-electron chi connectivity index (χ2n) is 5.30. The molecule has 0 saturated carbocycles. The summed E-state index contributed by atoms with van der Waals surface area (Å²) in [7, 11) is 1.39. The van der Waals surface area contributed by atoms with Gasteiger partial charge in [-0.05, 0) is 18.6 Å². The highest BCUT2D eigenvalue weighted by Gasteiger charge is 2.17. The molecular weight excluding hydrogens is 284 g/mol. The van der Waals surface area contributed by atoms with Crippen LogP contribution in [0.15, 0.2) is 22.8 Å². The van der Waals surface area contributed by atoms with Crippen molar-refractivity contribution in [3.8, 4) is 0 Å². The summed E-state index contributed by atoms with van der Waals surface area (Å²) in [6.45, 7) is 5.15. The van der Waals surface area contributed by atoms with Gasteiger partial charge in [-0.25, -0.2) is 0 Å². The van der Waals surface area contributed by atoms with Crippen LogP contribution in [0.2, 0.25) is 18.1 Å². The van der Waals surface area contributed by atoms with Crippen molar-refractivity contribution < 1.29 is 19.0 Å². The Morgan fingerprint density at radius 1 is 1.29 bits per heavy atom. The van der Waals surface area contributed by atoms with Gasteiger partial charge in [-0.1, -0.05) is 38.4 Å². The maximum atomic E-state index is 9.71. The van der Waals surface area contributed by atoms with E-state index in [2.05, 4.69) is 13.8 Å². The van der Waals surface area contributed by atoms with Crippen LogP contribution in [0.1, 0.15) is 38.6 Å². The third-order valence-corrected chi connectivity index (χ3v) is 6.77. The third-order valence-electron chi connectivity index (χ3n) is 3.71. The minimum Gasteiger partial charge on any atom is -0.467 e. The first-order valence-electron chi connectivity index (χ1n) is 7.86. The van der Waals surface area contributed by atoms with Crippen LogP contribution in [0, 0.1) is 0 Å². The summed E-state index contributed by atoms with van der Waals surface area (Å²) >= 11 is 0. The van der Waals surface area contributed by atoms with E-state index in [1.165, 1.54) is 18.1 Å².